The molecule has 4 nitrogen and oxygen atoms in total. The summed E-state index contributed by atoms with van der Waals surface area (Å²) in [6.07, 6.45) is -0.258. The van der Waals surface area contributed by atoms with E-state index in [1.165, 1.54) is 7.11 Å². The van der Waals surface area contributed by atoms with Gasteiger partial charge in [0.1, 0.15) is 0 Å². The Bertz CT molecular complexity index is 175. The van der Waals surface area contributed by atoms with Gasteiger partial charge in [-0.05, 0) is 0 Å². The molecule has 0 aromatic heterocycles. The third-order valence-electron chi connectivity index (χ3n) is 0.888. The Morgan fingerprint density at radius 3 is 2.27 bits per heavy atom. The summed E-state index contributed by atoms with van der Waals surface area (Å²) < 4.78 is 4.21. The van der Waals surface area contributed by atoms with Gasteiger partial charge in [0.05, 0.1) is 13.5 Å². The van der Waals surface area contributed by atoms with E-state index >= 15 is 0 Å². The fourth-order valence-corrected chi connectivity index (χ4v) is 0.322. The summed E-state index contributed by atoms with van der Waals surface area (Å²) >= 11 is 0. The summed E-state index contributed by atoms with van der Waals surface area (Å²) in [5.41, 5.74) is -0.160. The van der Waals surface area contributed by atoms with Crippen LogP contribution in [0.1, 0.15) is 6.42 Å². The largest absolute Gasteiger partial charge is 0.478 e. The Labute approximate surface area is 92.2 Å². The van der Waals surface area contributed by atoms with E-state index in [9.17, 15) is 9.59 Å². The van der Waals surface area contributed by atoms with E-state index in [1.807, 2.05) is 0 Å². The molecule has 11 heavy (non-hydrogen) atoms. The summed E-state index contributed by atoms with van der Waals surface area (Å²) in [6.45, 7) is 3.14. The summed E-state index contributed by atoms with van der Waals surface area (Å²) in [5, 5.41) is 8.22. The number of rotatable bonds is 3. The number of hydrogen-bond acceptors (Lipinski definition) is 3. The number of esters is 1. The first-order chi connectivity index (χ1) is 4.57. The molecule has 0 heterocycles. The van der Waals surface area contributed by atoms with Crippen molar-refractivity contribution in [3.8, 4) is 0 Å². The van der Waals surface area contributed by atoms with Crippen molar-refractivity contribution in [2.75, 3.05) is 7.11 Å². The minimum atomic E-state index is -1.18. The third-order valence-corrected chi connectivity index (χ3v) is 0.888. The number of methoxy groups -OCH3 is 1. The molecule has 0 aliphatic heterocycles. The maximum atomic E-state index is 10.4. The standard InChI is InChI=1S/C6H8O4.La/c1-4(6(8)9)3-5(7)10-2;/h1,3H2,2H3,(H,8,9);. The van der Waals surface area contributed by atoms with Crippen molar-refractivity contribution in [2.45, 2.75) is 6.42 Å². The number of carboxylic acids is 1. The summed E-state index contributed by atoms with van der Waals surface area (Å²) in [6, 6.07) is 0. The Kier molecular flexibility index (Phi) is 8.05. The SMILES string of the molecule is C=C(CC(=O)OC)C(=O)O.[La]. The first-order valence-corrected chi connectivity index (χ1v) is 2.55. The molecular formula is C6H8LaO4. The van der Waals surface area contributed by atoms with Crippen LogP contribution in [0.25, 0.3) is 0 Å². The second-order valence-electron chi connectivity index (χ2n) is 1.66. The number of carbonyl (C=O) groups excluding carboxylic acids is 1. The normalized spacial score (nSPS) is 7.73. The van der Waals surface area contributed by atoms with Crippen molar-refractivity contribution in [3.63, 3.8) is 0 Å². The first kappa shape index (κ1) is 13.5. The molecule has 0 spiro atoms. The van der Waals surface area contributed by atoms with E-state index < -0.39 is 11.9 Å². The van der Waals surface area contributed by atoms with E-state index in [1.54, 1.807) is 0 Å². The van der Waals surface area contributed by atoms with Gasteiger partial charge in [0.15, 0.2) is 0 Å². The van der Waals surface area contributed by atoms with Gasteiger partial charge in [0.25, 0.3) is 0 Å². The van der Waals surface area contributed by atoms with Gasteiger partial charge in [-0.2, -0.15) is 0 Å². The van der Waals surface area contributed by atoms with Crippen molar-refractivity contribution < 1.29 is 55.0 Å². The molecule has 5 heteroatoms. The zero-order valence-electron chi connectivity index (χ0n) is 6.16. The Morgan fingerprint density at radius 2 is 2.00 bits per heavy atom. The Morgan fingerprint density at radius 1 is 1.55 bits per heavy atom. The van der Waals surface area contributed by atoms with Crippen LogP contribution in [0.2, 0.25) is 0 Å². The number of carbonyl (C=O) groups is 2. The number of hydrogen-bond donors (Lipinski definition) is 1. The third kappa shape index (κ3) is 6.28. The smallest absolute Gasteiger partial charge is 0.331 e. The van der Waals surface area contributed by atoms with Gasteiger partial charge in [-0.1, -0.05) is 6.58 Å². The maximum absolute atomic E-state index is 10.4. The van der Waals surface area contributed by atoms with Crippen molar-refractivity contribution >= 4 is 11.9 Å². The van der Waals surface area contributed by atoms with Gasteiger partial charge >= 0.3 is 11.9 Å². The predicted molar refractivity (Wildman–Crippen MR) is 33.4 cm³/mol. The Hall–Kier alpha value is -0.125. The van der Waals surface area contributed by atoms with Gasteiger partial charge in [0, 0.05) is 41.2 Å². The molecule has 0 aromatic carbocycles. The van der Waals surface area contributed by atoms with E-state index in [0.717, 1.165) is 0 Å². The molecule has 0 amide bonds. The van der Waals surface area contributed by atoms with E-state index in [2.05, 4.69) is 11.3 Å². The fraction of sp³-hybridized carbons (Fsp3) is 0.333. The van der Waals surface area contributed by atoms with Crippen LogP contribution in [0.4, 0.5) is 0 Å². The molecule has 0 bridgehead atoms. The number of ether oxygens (including phenoxy) is 1. The van der Waals surface area contributed by atoms with Crippen molar-refractivity contribution in [2.24, 2.45) is 0 Å². The van der Waals surface area contributed by atoms with Crippen molar-refractivity contribution in [1.29, 1.82) is 0 Å². The molecule has 0 saturated carbocycles. The molecule has 59 valence electrons. The van der Waals surface area contributed by atoms with Crippen molar-refractivity contribution in [1.82, 2.24) is 0 Å². The van der Waals surface area contributed by atoms with Crippen molar-refractivity contribution in [3.05, 3.63) is 12.2 Å². The van der Waals surface area contributed by atoms with Crippen LogP contribution in [0.5, 0.6) is 0 Å². The molecule has 1 N–H and O–H groups in total. The van der Waals surface area contributed by atoms with Gasteiger partial charge < -0.3 is 9.84 Å². The minimum absolute atomic E-state index is 0. The summed E-state index contributed by atoms with van der Waals surface area (Å²) in [7, 11) is 1.19. The molecule has 0 unspecified atom stereocenters. The molecular weight excluding hydrogens is 275 g/mol. The van der Waals surface area contributed by atoms with Gasteiger partial charge in [-0.3, -0.25) is 4.79 Å². The molecule has 0 rings (SSSR count). The monoisotopic (exact) mass is 283 g/mol. The quantitative estimate of drug-likeness (QED) is 0.593. The molecule has 0 aromatic rings. The molecule has 0 saturated heterocycles. The van der Waals surface area contributed by atoms with Crippen LogP contribution >= 0.6 is 0 Å². The average Bonchev–Trinajstić information content (AvgIpc) is 1.87. The van der Waals surface area contributed by atoms with Crippen LogP contribution in [-0.2, 0) is 14.3 Å². The zero-order chi connectivity index (χ0) is 8.15. The van der Waals surface area contributed by atoms with E-state index in [4.69, 9.17) is 5.11 Å². The fourth-order valence-electron chi connectivity index (χ4n) is 0.322. The topological polar surface area (TPSA) is 63.6 Å². The number of aliphatic carboxylic acids is 1. The minimum Gasteiger partial charge on any atom is -0.478 e. The second kappa shape index (κ2) is 6.58. The van der Waals surface area contributed by atoms with Crippen LogP contribution in [-0.4, -0.2) is 24.2 Å². The zero-order valence-corrected chi connectivity index (χ0v) is 9.79. The van der Waals surface area contributed by atoms with Crippen LogP contribution in [0.3, 0.4) is 0 Å². The molecule has 0 aliphatic rings. The second-order valence-corrected chi connectivity index (χ2v) is 1.66. The molecule has 0 aliphatic carbocycles. The van der Waals surface area contributed by atoms with E-state index in [0.29, 0.717) is 0 Å². The predicted octanol–water partition coefficient (Wildman–Crippen LogP) is 0.190. The van der Waals surface area contributed by atoms with Gasteiger partial charge in [-0.25, -0.2) is 4.79 Å². The van der Waals surface area contributed by atoms with Gasteiger partial charge in [0.2, 0.25) is 0 Å². The summed E-state index contributed by atoms with van der Waals surface area (Å²) in [5.74, 6) is -1.77. The van der Waals surface area contributed by atoms with Crippen LogP contribution in [0.15, 0.2) is 12.2 Å². The first-order valence-electron chi connectivity index (χ1n) is 2.55. The summed E-state index contributed by atoms with van der Waals surface area (Å²) in [4.78, 5) is 20.4. The van der Waals surface area contributed by atoms with Crippen LogP contribution in [0, 0.1) is 35.6 Å². The van der Waals surface area contributed by atoms with Crippen LogP contribution < -0.4 is 0 Å². The number of carboxylic acid groups (broad SMARTS) is 1. The molecule has 0 atom stereocenters. The van der Waals surface area contributed by atoms with E-state index in [-0.39, 0.29) is 47.6 Å². The Balaban J connectivity index is 0. The molecule has 1 radical (unpaired) electrons. The maximum Gasteiger partial charge on any atom is 0.331 e. The molecule has 0 fully saturated rings. The average molecular weight is 283 g/mol. The van der Waals surface area contributed by atoms with Gasteiger partial charge in [-0.15, -0.1) is 0 Å².